The maximum Gasteiger partial charge on any atom is 0.115 e. The van der Waals surface area contributed by atoms with Gasteiger partial charge in [0.25, 0.3) is 0 Å². The van der Waals surface area contributed by atoms with Crippen LogP contribution in [0.5, 0.6) is 5.75 Å². The maximum absolute atomic E-state index is 9.58. The fourth-order valence-electron chi connectivity index (χ4n) is 2.39. The predicted octanol–water partition coefficient (Wildman–Crippen LogP) is 2.89. The van der Waals surface area contributed by atoms with Gasteiger partial charge in [-0.25, -0.2) is 0 Å². The van der Waals surface area contributed by atoms with Gasteiger partial charge in [0.15, 0.2) is 0 Å². The van der Waals surface area contributed by atoms with Crippen LogP contribution in [0.2, 0.25) is 0 Å². The molecule has 0 spiro atoms. The van der Waals surface area contributed by atoms with Crippen LogP contribution in [0.1, 0.15) is 28.3 Å². The minimum Gasteiger partial charge on any atom is -0.508 e. The zero-order valence-corrected chi connectivity index (χ0v) is 9.77. The molecule has 17 heavy (non-hydrogen) atoms. The molecule has 2 N–H and O–H groups in total. The molecule has 0 bridgehead atoms. The van der Waals surface area contributed by atoms with Crippen LogP contribution in [0.25, 0.3) is 0 Å². The maximum atomic E-state index is 9.58. The number of nitrogens with one attached hydrogen (secondary N) is 1. The lowest BCUT2D eigenvalue weighted by atomic mass is 9.97. The molecule has 0 radical (unpaired) electrons. The number of aryl methyl sites for hydroxylation is 1. The van der Waals surface area contributed by atoms with E-state index in [1.807, 2.05) is 12.1 Å². The molecule has 2 heteroatoms. The zero-order chi connectivity index (χ0) is 11.8. The molecule has 0 aromatic heterocycles. The summed E-state index contributed by atoms with van der Waals surface area (Å²) in [5, 5.41) is 13.1. The van der Waals surface area contributed by atoms with E-state index in [0.29, 0.717) is 5.75 Å². The van der Waals surface area contributed by atoms with Gasteiger partial charge in [0, 0.05) is 6.54 Å². The van der Waals surface area contributed by atoms with E-state index in [1.165, 1.54) is 22.3 Å². The molecule has 1 atom stereocenters. The van der Waals surface area contributed by atoms with Crippen molar-refractivity contribution in [1.29, 1.82) is 0 Å². The first-order valence-electron chi connectivity index (χ1n) is 5.86. The van der Waals surface area contributed by atoms with Crippen molar-refractivity contribution in [2.45, 2.75) is 19.5 Å². The van der Waals surface area contributed by atoms with Gasteiger partial charge in [0.2, 0.25) is 0 Å². The van der Waals surface area contributed by atoms with Gasteiger partial charge in [-0.15, -0.1) is 0 Å². The molecule has 1 aliphatic heterocycles. The van der Waals surface area contributed by atoms with Crippen molar-refractivity contribution in [2.75, 3.05) is 0 Å². The Labute approximate surface area is 101 Å². The highest BCUT2D eigenvalue weighted by Gasteiger charge is 2.23. The molecule has 0 saturated carbocycles. The summed E-state index contributed by atoms with van der Waals surface area (Å²) in [6, 6.07) is 14.3. The Morgan fingerprint density at radius 1 is 1.12 bits per heavy atom. The van der Waals surface area contributed by atoms with Crippen molar-refractivity contribution in [2.24, 2.45) is 0 Å². The molecular weight excluding hydrogens is 210 g/mol. The van der Waals surface area contributed by atoms with Crippen LogP contribution < -0.4 is 5.32 Å². The van der Waals surface area contributed by atoms with Crippen molar-refractivity contribution < 1.29 is 5.11 Å². The summed E-state index contributed by atoms with van der Waals surface area (Å²) in [4.78, 5) is 0. The Kier molecular flexibility index (Phi) is 2.37. The number of fused-ring (bicyclic) bond motifs is 1. The zero-order valence-electron chi connectivity index (χ0n) is 9.77. The largest absolute Gasteiger partial charge is 0.508 e. The summed E-state index contributed by atoms with van der Waals surface area (Å²) in [7, 11) is 0. The van der Waals surface area contributed by atoms with Gasteiger partial charge in [0.1, 0.15) is 5.75 Å². The lowest BCUT2D eigenvalue weighted by Gasteiger charge is -2.13. The van der Waals surface area contributed by atoms with Crippen LogP contribution in [0.4, 0.5) is 0 Å². The van der Waals surface area contributed by atoms with Crippen molar-refractivity contribution >= 4 is 0 Å². The molecule has 86 valence electrons. The monoisotopic (exact) mass is 225 g/mol. The van der Waals surface area contributed by atoms with E-state index in [2.05, 4.69) is 36.5 Å². The summed E-state index contributed by atoms with van der Waals surface area (Å²) >= 11 is 0. The van der Waals surface area contributed by atoms with Gasteiger partial charge in [-0.05, 0) is 35.7 Å². The van der Waals surface area contributed by atoms with Gasteiger partial charge in [-0.2, -0.15) is 0 Å². The second-order valence-corrected chi connectivity index (χ2v) is 4.61. The van der Waals surface area contributed by atoms with Crippen molar-refractivity contribution in [3.63, 3.8) is 0 Å². The van der Waals surface area contributed by atoms with E-state index < -0.39 is 0 Å². The highest BCUT2D eigenvalue weighted by molar-refractivity contribution is 5.45. The minimum absolute atomic E-state index is 0.206. The lowest BCUT2D eigenvalue weighted by molar-refractivity contribution is 0.474. The van der Waals surface area contributed by atoms with Crippen LogP contribution in [-0.4, -0.2) is 5.11 Å². The van der Waals surface area contributed by atoms with Crippen LogP contribution in [-0.2, 0) is 6.54 Å². The Bertz CT molecular complexity index is 545. The van der Waals surface area contributed by atoms with E-state index in [0.717, 1.165) is 6.54 Å². The number of rotatable bonds is 1. The van der Waals surface area contributed by atoms with Crippen LogP contribution in [0.15, 0.2) is 42.5 Å². The average molecular weight is 225 g/mol. The molecule has 0 fully saturated rings. The number of aromatic hydroxyl groups is 1. The van der Waals surface area contributed by atoms with E-state index in [9.17, 15) is 5.11 Å². The van der Waals surface area contributed by atoms with Crippen LogP contribution in [0, 0.1) is 6.92 Å². The third kappa shape index (κ3) is 1.81. The topological polar surface area (TPSA) is 32.3 Å². The normalized spacial score (nSPS) is 18.1. The van der Waals surface area contributed by atoms with Crippen LogP contribution >= 0.6 is 0 Å². The van der Waals surface area contributed by atoms with Crippen molar-refractivity contribution in [1.82, 2.24) is 5.32 Å². The summed E-state index contributed by atoms with van der Waals surface area (Å²) in [5.74, 6) is 0.338. The SMILES string of the molecule is Cc1ccc(C2NCc3ccc(O)cc32)cc1. The van der Waals surface area contributed by atoms with E-state index in [-0.39, 0.29) is 6.04 Å². The molecule has 1 heterocycles. The molecule has 2 nitrogen and oxygen atoms in total. The van der Waals surface area contributed by atoms with Crippen LogP contribution in [0.3, 0.4) is 0 Å². The number of hydrogen-bond acceptors (Lipinski definition) is 2. The van der Waals surface area contributed by atoms with E-state index >= 15 is 0 Å². The van der Waals surface area contributed by atoms with Gasteiger partial charge >= 0.3 is 0 Å². The second-order valence-electron chi connectivity index (χ2n) is 4.61. The van der Waals surface area contributed by atoms with Gasteiger partial charge < -0.3 is 10.4 Å². The first-order chi connectivity index (χ1) is 8.24. The molecule has 1 aliphatic rings. The fraction of sp³-hybridized carbons (Fsp3) is 0.200. The average Bonchev–Trinajstić information content (AvgIpc) is 2.73. The molecule has 2 aromatic carbocycles. The van der Waals surface area contributed by atoms with Crippen molar-refractivity contribution in [3.8, 4) is 5.75 Å². The Balaban J connectivity index is 2.03. The first-order valence-corrected chi connectivity index (χ1v) is 5.86. The Hall–Kier alpha value is -1.80. The number of phenols is 1. The predicted molar refractivity (Wildman–Crippen MR) is 68.0 cm³/mol. The first kappa shape index (κ1) is 10.4. The molecule has 0 amide bonds. The van der Waals surface area contributed by atoms with Gasteiger partial charge in [-0.3, -0.25) is 0 Å². The molecule has 0 saturated heterocycles. The molecule has 3 rings (SSSR count). The summed E-state index contributed by atoms with van der Waals surface area (Å²) < 4.78 is 0. The third-order valence-corrected chi connectivity index (χ3v) is 3.35. The van der Waals surface area contributed by atoms with Crippen molar-refractivity contribution in [3.05, 3.63) is 64.7 Å². The standard InChI is InChI=1S/C15H15NO/c1-10-2-4-11(5-3-10)15-14-8-13(17)7-6-12(14)9-16-15/h2-8,15-17H,9H2,1H3. The summed E-state index contributed by atoms with van der Waals surface area (Å²) in [6.07, 6.45) is 0. The highest BCUT2D eigenvalue weighted by Crippen LogP contribution is 2.33. The fourth-order valence-corrected chi connectivity index (χ4v) is 2.39. The third-order valence-electron chi connectivity index (χ3n) is 3.35. The molecule has 0 aliphatic carbocycles. The van der Waals surface area contributed by atoms with E-state index in [1.54, 1.807) is 6.07 Å². The number of benzene rings is 2. The highest BCUT2D eigenvalue weighted by atomic mass is 16.3. The molecule has 2 aromatic rings. The van der Waals surface area contributed by atoms with Gasteiger partial charge in [0.05, 0.1) is 6.04 Å². The van der Waals surface area contributed by atoms with E-state index in [4.69, 9.17) is 0 Å². The lowest BCUT2D eigenvalue weighted by Crippen LogP contribution is -2.13. The summed E-state index contributed by atoms with van der Waals surface area (Å²) in [6.45, 7) is 2.96. The molecular formula is C15H15NO. The number of hydrogen-bond donors (Lipinski definition) is 2. The Morgan fingerprint density at radius 2 is 1.88 bits per heavy atom. The van der Waals surface area contributed by atoms with Gasteiger partial charge in [-0.1, -0.05) is 35.9 Å². The second kappa shape index (κ2) is 3.90. The Morgan fingerprint density at radius 3 is 2.65 bits per heavy atom. The molecule has 1 unspecified atom stereocenters. The smallest absolute Gasteiger partial charge is 0.115 e. The summed E-state index contributed by atoms with van der Waals surface area (Å²) in [5.41, 5.74) is 4.98. The quantitative estimate of drug-likeness (QED) is 0.782. The minimum atomic E-state index is 0.206. The number of phenolic OH excluding ortho intramolecular Hbond substituents is 1.